The van der Waals surface area contributed by atoms with Crippen LogP contribution in [-0.4, -0.2) is 74.2 Å². The zero-order valence-electron chi connectivity index (χ0n) is 15.5. The molecule has 3 heterocycles. The summed E-state index contributed by atoms with van der Waals surface area (Å²) in [5.41, 5.74) is 0. The van der Waals surface area contributed by atoms with E-state index in [0.717, 1.165) is 51.0 Å². The number of nitrogens with one attached hydrogen (secondary N) is 1. The highest BCUT2D eigenvalue weighted by Crippen LogP contribution is 2.32. The van der Waals surface area contributed by atoms with Crippen LogP contribution in [0.5, 0.6) is 0 Å². The maximum Gasteiger partial charge on any atom is 0.239 e. The van der Waals surface area contributed by atoms with Crippen LogP contribution in [-0.2, 0) is 9.53 Å². The van der Waals surface area contributed by atoms with E-state index in [0.29, 0.717) is 11.9 Å². The van der Waals surface area contributed by atoms with E-state index in [1.54, 1.807) is 0 Å². The van der Waals surface area contributed by atoms with E-state index in [9.17, 15) is 4.79 Å². The molecule has 0 unspecified atom stereocenters. The Labute approximate surface area is 147 Å². The van der Waals surface area contributed by atoms with Crippen LogP contribution in [0, 0.1) is 11.8 Å². The lowest BCUT2D eigenvalue weighted by atomic mass is 9.79. The Hall–Kier alpha value is -0.650. The van der Waals surface area contributed by atoms with Crippen LogP contribution in [0.2, 0.25) is 0 Å². The van der Waals surface area contributed by atoms with Crippen molar-refractivity contribution in [3.63, 3.8) is 0 Å². The summed E-state index contributed by atoms with van der Waals surface area (Å²) in [6.07, 6.45) is 7.13. The minimum Gasteiger partial charge on any atom is -0.381 e. The smallest absolute Gasteiger partial charge is 0.239 e. The average Bonchev–Trinajstić information content (AvgIpc) is 2.63. The number of likely N-dealkylation sites (tertiary alicyclic amines) is 2. The molecule has 0 aromatic heterocycles. The normalized spacial score (nSPS) is 27.3. The van der Waals surface area contributed by atoms with Gasteiger partial charge in [0.1, 0.15) is 0 Å². The van der Waals surface area contributed by atoms with Gasteiger partial charge in [-0.2, -0.15) is 0 Å². The predicted molar refractivity (Wildman–Crippen MR) is 96.0 cm³/mol. The molecule has 3 fully saturated rings. The van der Waals surface area contributed by atoms with Crippen molar-refractivity contribution in [2.24, 2.45) is 11.8 Å². The van der Waals surface area contributed by atoms with Gasteiger partial charge in [-0.3, -0.25) is 4.79 Å². The van der Waals surface area contributed by atoms with E-state index in [1.807, 2.05) is 6.92 Å². The van der Waals surface area contributed by atoms with Gasteiger partial charge in [0.05, 0.1) is 6.04 Å². The Kier molecular flexibility index (Phi) is 6.53. The first-order chi connectivity index (χ1) is 11.6. The summed E-state index contributed by atoms with van der Waals surface area (Å²) < 4.78 is 5.40. The summed E-state index contributed by atoms with van der Waals surface area (Å²) >= 11 is 0. The molecule has 5 heteroatoms. The quantitative estimate of drug-likeness (QED) is 0.848. The van der Waals surface area contributed by atoms with Gasteiger partial charge in [0, 0.05) is 32.3 Å². The second-order valence-corrected chi connectivity index (χ2v) is 8.08. The van der Waals surface area contributed by atoms with Crippen LogP contribution < -0.4 is 5.32 Å². The van der Waals surface area contributed by atoms with Crippen molar-refractivity contribution in [1.29, 1.82) is 0 Å². The van der Waals surface area contributed by atoms with E-state index in [1.165, 1.54) is 38.8 Å². The number of piperidine rings is 2. The van der Waals surface area contributed by atoms with Gasteiger partial charge in [-0.05, 0) is 77.4 Å². The Morgan fingerprint density at radius 2 is 1.50 bits per heavy atom. The van der Waals surface area contributed by atoms with Crippen molar-refractivity contribution in [2.75, 3.05) is 46.4 Å². The Morgan fingerprint density at radius 3 is 2.08 bits per heavy atom. The van der Waals surface area contributed by atoms with Crippen molar-refractivity contribution >= 4 is 5.91 Å². The predicted octanol–water partition coefficient (Wildman–Crippen LogP) is 1.72. The Bertz CT molecular complexity index is 395. The number of hydrogen-bond donors (Lipinski definition) is 1. The molecule has 0 aliphatic carbocycles. The van der Waals surface area contributed by atoms with E-state index in [-0.39, 0.29) is 6.04 Å². The minimum atomic E-state index is -0.0621. The van der Waals surface area contributed by atoms with Gasteiger partial charge in [-0.25, -0.2) is 0 Å². The van der Waals surface area contributed by atoms with Crippen molar-refractivity contribution in [3.05, 3.63) is 0 Å². The molecule has 0 bridgehead atoms. The van der Waals surface area contributed by atoms with Gasteiger partial charge >= 0.3 is 0 Å². The third kappa shape index (κ3) is 4.70. The van der Waals surface area contributed by atoms with Crippen LogP contribution in [0.1, 0.15) is 45.4 Å². The molecule has 3 aliphatic rings. The van der Waals surface area contributed by atoms with Crippen LogP contribution in [0.15, 0.2) is 0 Å². The monoisotopic (exact) mass is 337 g/mol. The van der Waals surface area contributed by atoms with Gasteiger partial charge in [0.15, 0.2) is 0 Å². The molecular weight excluding hydrogens is 302 g/mol. The van der Waals surface area contributed by atoms with Crippen LogP contribution in [0.25, 0.3) is 0 Å². The first-order valence-electron chi connectivity index (χ1n) is 9.94. The third-order valence-electron chi connectivity index (χ3n) is 6.36. The highest BCUT2D eigenvalue weighted by Gasteiger charge is 2.32. The molecule has 1 N–H and O–H groups in total. The SMILES string of the molecule is C[C@H](NC1CCOCC1)C(=O)N1CCC(C2CCN(C)CC2)CC1. The fourth-order valence-electron chi connectivity index (χ4n) is 4.65. The number of nitrogens with zero attached hydrogens (tertiary/aromatic N) is 2. The molecule has 3 rings (SSSR count). The standard InChI is InChI=1S/C19H35N3O2/c1-15(20-18-7-13-24-14-8-18)19(23)22-11-5-17(6-12-22)16-3-9-21(2)10-4-16/h15-18,20H,3-14H2,1-2H3/t15-/m0/s1. The number of amides is 1. The van der Waals surface area contributed by atoms with E-state index in [4.69, 9.17) is 4.74 Å². The average molecular weight is 338 g/mol. The number of rotatable bonds is 4. The highest BCUT2D eigenvalue weighted by atomic mass is 16.5. The first kappa shape index (κ1) is 18.2. The summed E-state index contributed by atoms with van der Waals surface area (Å²) in [4.78, 5) is 17.3. The highest BCUT2D eigenvalue weighted by molar-refractivity contribution is 5.81. The molecule has 1 atom stereocenters. The van der Waals surface area contributed by atoms with Crippen molar-refractivity contribution in [1.82, 2.24) is 15.1 Å². The lowest BCUT2D eigenvalue weighted by molar-refractivity contribution is -0.135. The lowest BCUT2D eigenvalue weighted by Crippen LogP contribution is -2.51. The van der Waals surface area contributed by atoms with E-state index < -0.39 is 0 Å². The number of carbonyl (C=O) groups excluding carboxylic acids is 1. The fraction of sp³-hybridized carbons (Fsp3) is 0.947. The van der Waals surface area contributed by atoms with Crippen molar-refractivity contribution in [3.8, 4) is 0 Å². The molecule has 5 nitrogen and oxygen atoms in total. The largest absolute Gasteiger partial charge is 0.381 e. The van der Waals surface area contributed by atoms with Crippen LogP contribution in [0.3, 0.4) is 0 Å². The molecule has 0 radical (unpaired) electrons. The van der Waals surface area contributed by atoms with E-state index in [2.05, 4.69) is 22.2 Å². The fourth-order valence-corrected chi connectivity index (χ4v) is 4.65. The van der Waals surface area contributed by atoms with Gasteiger partial charge in [-0.1, -0.05) is 0 Å². The third-order valence-corrected chi connectivity index (χ3v) is 6.36. The summed E-state index contributed by atoms with van der Waals surface area (Å²) in [5.74, 6) is 2.01. The Balaban J connectivity index is 1.41. The molecular formula is C19H35N3O2. The molecule has 138 valence electrons. The lowest BCUT2D eigenvalue weighted by Gasteiger charge is -2.40. The first-order valence-corrected chi connectivity index (χ1v) is 9.94. The molecule has 0 spiro atoms. The summed E-state index contributed by atoms with van der Waals surface area (Å²) in [5, 5.41) is 3.52. The van der Waals surface area contributed by atoms with Crippen molar-refractivity contribution in [2.45, 2.75) is 57.5 Å². The van der Waals surface area contributed by atoms with Crippen molar-refractivity contribution < 1.29 is 9.53 Å². The zero-order chi connectivity index (χ0) is 16.9. The van der Waals surface area contributed by atoms with Gasteiger partial charge in [0.2, 0.25) is 5.91 Å². The molecule has 0 aromatic carbocycles. The minimum absolute atomic E-state index is 0.0621. The number of carbonyl (C=O) groups is 1. The maximum absolute atomic E-state index is 12.7. The number of ether oxygens (including phenoxy) is 1. The Morgan fingerprint density at radius 1 is 0.958 bits per heavy atom. The summed E-state index contributed by atoms with van der Waals surface area (Å²) in [6.45, 7) is 8.07. The molecule has 3 saturated heterocycles. The maximum atomic E-state index is 12.7. The topological polar surface area (TPSA) is 44.8 Å². The molecule has 0 saturated carbocycles. The van der Waals surface area contributed by atoms with Crippen LogP contribution >= 0.6 is 0 Å². The zero-order valence-corrected chi connectivity index (χ0v) is 15.5. The van der Waals surface area contributed by atoms with Crippen LogP contribution in [0.4, 0.5) is 0 Å². The van der Waals surface area contributed by atoms with Gasteiger partial charge in [-0.15, -0.1) is 0 Å². The molecule has 1 amide bonds. The second-order valence-electron chi connectivity index (χ2n) is 8.08. The number of hydrogen-bond acceptors (Lipinski definition) is 4. The second kappa shape index (κ2) is 8.63. The summed E-state index contributed by atoms with van der Waals surface area (Å²) in [6, 6.07) is 0.377. The van der Waals surface area contributed by atoms with Gasteiger partial charge in [0.25, 0.3) is 0 Å². The molecule has 3 aliphatic heterocycles. The molecule has 24 heavy (non-hydrogen) atoms. The van der Waals surface area contributed by atoms with E-state index >= 15 is 0 Å². The van der Waals surface area contributed by atoms with Gasteiger partial charge < -0.3 is 19.9 Å². The molecule has 0 aromatic rings. The summed E-state index contributed by atoms with van der Waals surface area (Å²) in [7, 11) is 2.23.